The molecule has 0 aliphatic carbocycles. The third kappa shape index (κ3) is 5.44. The molecule has 7 heteroatoms. The number of ether oxygens (including phenoxy) is 1. The summed E-state index contributed by atoms with van der Waals surface area (Å²) in [5, 5.41) is 8.35. The molecule has 0 spiro atoms. The normalized spacial score (nSPS) is 10.8. The maximum Gasteiger partial charge on any atom is 0.340 e. The van der Waals surface area contributed by atoms with Gasteiger partial charge in [-0.05, 0) is 36.4 Å². The SMILES string of the molecule is COC(=O)c1ccccc1N=Nc1ccc(N(CCCl)CCCl)cc1. The van der Waals surface area contributed by atoms with Crippen molar-refractivity contribution >= 4 is 46.2 Å². The molecule has 132 valence electrons. The van der Waals surface area contributed by atoms with Crippen LogP contribution >= 0.6 is 23.2 Å². The van der Waals surface area contributed by atoms with Crippen molar-refractivity contribution in [2.75, 3.05) is 36.9 Å². The Balaban J connectivity index is 2.16. The first kappa shape index (κ1) is 19.2. The van der Waals surface area contributed by atoms with Crippen molar-refractivity contribution < 1.29 is 9.53 Å². The van der Waals surface area contributed by atoms with Crippen molar-refractivity contribution in [2.24, 2.45) is 10.2 Å². The van der Waals surface area contributed by atoms with Crippen LogP contribution in [0.2, 0.25) is 0 Å². The second-order valence-electron chi connectivity index (χ2n) is 5.09. The zero-order valence-corrected chi connectivity index (χ0v) is 15.4. The van der Waals surface area contributed by atoms with Gasteiger partial charge in [0.15, 0.2) is 0 Å². The fourth-order valence-electron chi connectivity index (χ4n) is 2.26. The molecule has 0 heterocycles. The molecule has 0 saturated heterocycles. The van der Waals surface area contributed by atoms with Crippen molar-refractivity contribution in [3.8, 4) is 0 Å². The lowest BCUT2D eigenvalue weighted by molar-refractivity contribution is 0.0601. The van der Waals surface area contributed by atoms with Crippen molar-refractivity contribution in [3.05, 3.63) is 54.1 Å². The lowest BCUT2D eigenvalue weighted by Crippen LogP contribution is -2.27. The Hall–Kier alpha value is -2.11. The molecule has 0 bridgehead atoms. The predicted octanol–water partition coefficient (Wildman–Crippen LogP) is 5.17. The number of hydrogen-bond donors (Lipinski definition) is 0. The van der Waals surface area contributed by atoms with Gasteiger partial charge in [0.25, 0.3) is 0 Å². The van der Waals surface area contributed by atoms with Crippen LogP contribution in [0.25, 0.3) is 0 Å². The van der Waals surface area contributed by atoms with E-state index >= 15 is 0 Å². The first-order valence-corrected chi connectivity index (χ1v) is 8.82. The Bertz CT molecular complexity index is 715. The second kappa shape index (κ2) is 10.0. The van der Waals surface area contributed by atoms with Gasteiger partial charge >= 0.3 is 5.97 Å². The fourth-order valence-corrected chi connectivity index (χ4v) is 2.67. The number of nitrogens with zero attached hydrogens (tertiary/aromatic N) is 3. The van der Waals surface area contributed by atoms with Gasteiger partial charge in [-0.2, -0.15) is 5.11 Å². The molecule has 0 aliphatic rings. The molecule has 0 atom stereocenters. The number of hydrogen-bond acceptors (Lipinski definition) is 5. The van der Waals surface area contributed by atoms with Gasteiger partial charge in [-0.25, -0.2) is 4.79 Å². The molecule has 0 unspecified atom stereocenters. The molecule has 2 aromatic rings. The molecule has 0 fully saturated rings. The summed E-state index contributed by atoms with van der Waals surface area (Å²) in [6.45, 7) is 1.45. The van der Waals surface area contributed by atoms with E-state index in [2.05, 4.69) is 15.1 Å². The minimum atomic E-state index is -0.442. The molecule has 5 nitrogen and oxygen atoms in total. The van der Waals surface area contributed by atoms with Gasteiger partial charge in [0.05, 0.1) is 18.4 Å². The summed E-state index contributed by atoms with van der Waals surface area (Å²) in [5.41, 5.74) is 2.54. The minimum absolute atomic E-state index is 0.376. The molecular weight excluding hydrogens is 361 g/mol. The summed E-state index contributed by atoms with van der Waals surface area (Å²) in [4.78, 5) is 13.8. The zero-order chi connectivity index (χ0) is 18.1. The third-order valence-electron chi connectivity index (χ3n) is 3.51. The molecule has 2 rings (SSSR count). The van der Waals surface area contributed by atoms with Crippen LogP contribution in [0.5, 0.6) is 0 Å². The van der Waals surface area contributed by atoms with Crippen LogP contribution in [0.3, 0.4) is 0 Å². The van der Waals surface area contributed by atoms with E-state index in [4.69, 9.17) is 27.9 Å². The smallest absolute Gasteiger partial charge is 0.340 e. The minimum Gasteiger partial charge on any atom is -0.465 e. The summed E-state index contributed by atoms with van der Waals surface area (Å²) < 4.78 is 4.75. The Morgan fingerprint density at radius 2 is 1.64 bits per heavy atom. The maximum absolute atomic E-state index is 11.7. The summed E-state index contributed by atoms with van der Waals surface area (Å²) >= 11 is 11.7. The first-order chi connectivity index (χ1) is 12.2. The lowest BCUT2D eigenvalue weighted by atomic mass is 10.2. The van der Waals surface area contributed by atoms with Crippen LogP contribution in [0.1, 0.15) is 10.4 Å². The average Bonchev–Trinajstić information content (AvgIpc) is 2.66. The van der Waals surface area contributed by atoms with Gasteiger partial charge < -0.3 is 9.64 Å². The molecule has 0 aliphatic heterocycles. The number of esters is 1. The lowest BCUT2D eigenvalue weighted by Gasteiger charge is -2.22. The van der Waals surface area contributed by atoms with E-state index < -0.39 is 5.97 Å². The number of carbonyl (C=O) groups excluding carboxylic acids is 1. The highest BCUT2D eigenvalue weighted by Crippen LogP contribution is 2.25. The fraction of sp³-hybridized carbons (Fsp3) is 0.278. The molecule has 0 amide bonds. The van der Waals surface area contributed by atoms with Crippen molar-refractivity contribution in [3.63, 3.8) is 0 Å². The zero-order valence-electron chi connectivity index (χ0n) is 13.9. The molecular formula is C18H19Cl2N3O2. The molecule has 0 aromatic heterocycles. The van der Waals surface area contributed by atoms with Crippen molar-refractivity contribution in [1.29, 1.82) is 0 Å². The van der Waals surface area contributed by atoms with E-state index in [1.807, 2.05) is 24.3 Å². The van der Waals surface area contributed by atoms with Gasteiger partial charge in [-0.1, -0.05) is 12.1 Å². The van der Waals surface area contributed by atoms with Crippen LogP contribution in [0.15, 0.2) is 58.8 Å². The third-order valence-corrected chi connectivity index (χ3v) is 3.84. The van der Waals surface area contributed by atoms with E-state index in [-0.39, 0.29) is 0 Å². The van der Waals surface area contributed by atoms with Gasteiger partial charge in [0.1, 0.15) is 5.69 Å². The highest BCUT2D eigenvalue weighted by Gasteiger charge is 2.10. The second-order valence-corrected chi connectivity index (χ2v) is 5.85. The molecule has 0 radical (unpaired) electrons. The van der Waals surface area contributed by atoms with Gasteiger partial charge in [0.2, 0.25) is 0 Å². The summed E-state index contributed by atoms with van der Waals surface area (Å²) in [5.74, 6) is 0.619. The Kier molecular flexibility index (Phi) is 7.70. The number of anilines is 1. The number of halogens is 2. The Morgan fingerprint density at radius 3 is 2.24 bits per heavy atom. The number of methoxy groups -OCH3 is 1. The Labute approximate surface area is 157 Å². The molecule has 0 N–H and O–H groups in total. The van der Waals surface area contributed by atoms with E-state index in [1.54, 1.807) is 24.3 Å². The van der Waals surface area contributed by atoms with Gasteiger partial charge in [-0.15, -0.1) is 28.3 Å². The standard InChI is InChI=1S/C18H19Cl2N3O2/c1-25-18(24)16-4-2-3-5-17(16)22-21-14-6-8-15(9-7-14)23(12-10-19)13-11-20/h2-9H,10-13H2,1H3. The summed E-state index contributed by atoms with van der Waals surface area (Å²) in [6, 6.07) is 14.5. The molecule has 2 aromatic carbocycles. The number of azo groups is 1. The quantitative estimate of drug-likeness (QED) is 0.361. The first-order valence-electron chi connectivity index (χ1n) is 7.75. The molecule has 25 heavy (non-hydrogen) atoms. The van der Waals surface area contributed by atoms with Crippen molar-refractivity contribution in [1.82, 2.24) is 0 Å². The number of benzene rings is 2. The van der Waals surface area contributed by atoms with E-state index in [0.29, 0.717) is 28.7 Å². The highest BCUT2D eigenvalue weighted by molar-refractivity contribution is 6.18. The van der Waals surface area contributed by atoms with Crippen LogP contribution in [-0.4, -0.2) is 37.9 Å². The number of rotatable bonds is 8. The van der Waals surface area contributed by atoms with E-state index in [9.17, 15) is 4.79 Å². The van der Waals surface area contributed by atoms with Crippen LogP contribution in [0.4, 0.5) is 17.1 Å². The topological polar surface area (TPSA) is 54.3 Å². The van der Waals surface area contributed by atoms with Crippen LogP contribution in [0, 0.1) is 0 Å². The molecule has 0 saturated carbocycles. The Morgan fingerprint density at radius 1 is 1.00 bits per heavy atom. The van der Waals surface area contributed by atoms with Crippen molar-refractivity contribution in [2.45, 2.75) is 0 Å². The predicted molar refractivity (Wildman–Crippen MR) is 102 cm³/mol. The largest absolute Gasteiger partial charge is 0.465 e. The highest BCUT2D eigenvalue weighted by atomic mass is 35.5. The van der Waals surface area contributed by atoms with Crippen LogP contribution in [-0.2, 0) is 4.74 Å². The summed E-state index contributed by atoms with van der Waals surface area (Å²) in [6.07, 6.45) is 0. The monoisotopic (exact) mass is 379 g/mol. The number of carbonyl (C=O) groups is 1. The number of alkyl halides is 2. The van der Waals surface area contributed by atoms with E-state index in [1.165, 1.54) is 7.11 Å². The van der Waals surface area contributed by atoms with E-state index in [0.717, 1.165) is 18.8 Å². The average molecular weight is 380 g/mol. The van der Waals surface area contributed by atoms with Gasteiger partial charge in [-0.3, -0.25) is 0 Å². The summed E-state index contributed by atoms with van der Waals surface area (Å²) in [7, 11) is 1.34. The van der Waals surface area contributed by atoms with Gasteiger partial charge in [0, 0.05) is 30.5 Å². The van der Waals surface area contributed by atoms with Crippen LogP contribution < -0.4 is 4.90 Å². The maximum atomic E-state index is 11.7.